The first-order valence-electron chi connectivity index (χ1n) is 10.0. The average Bonchev–Trinajstić information content (AvgIpc) is 2.75. The molecule has 0 radical (unpaired) electrons. The lowest BCUT2D eigenvalue weighted by Gasteiger charge is -2.38. The summed E-state index contributed by atoms with van der Waals surface area (Å²) in [6.07, 6.45) is 0.426. The summed E-state index contributed by atoms with van der Waals surface area (Å²) in [6.45, 7) is 3.12. The topological polar surface area (TPSA) is 60.9 Å². The van der Waals surface area contributed by atoms with Gasteiger partial charge in [-0.2, -0.15) is 0 Å². The molecule has 0 bridgehead atoms. The normalized spacial score (nSPS) is 15.3. The third-order valence-electron chi connectivity index (χ3n) is 5.32. The molecule has 0 aliphatic carbocycles. The number of halogens is 1. The minimum Gasteiger partial charge on any atom is -0.340 e. The first kappa shape index (κ1) is 21.5. The van der Waals surface area contributed by atoms with Gasteiger partial charge in [-0.05, 0) is 29.7 Å². The SMILES string of the molecule is CCC(C(=O)N(C)Cc1ccccc1)N1CCN(Cc2ccc(F)cc2)C(=O)C1=O. The van der Waals surface area contributed by atoms with Crippen molar-refractivity contribution >= 4 is 17.7 Å². The van der Waals surface area contributed by atoms with Crippen LogP contribution in [-0.4, -0.2) is 58.6 Å². The van der Waals surface area contributed by atoms with Gasteiger partial charge in [0.2, 0.25) is 5.91 Å². The number of rotatable bonds is 7. The summed E-state index contributed by atoms with van der Waals surface area (Å²) in [5.41, 5.74) is 1.74. The van der Waals surface area contributed by atoms with Gasteiger partial charge in [0.25, 0.3) is 0 Å². The van der Waals surface area contributed by atoms with Crippen LogP contribution in [0.25, 0.3) is 0 Å². The quantitative estimate of drug-likeness (QED) is 0.658. The van der Waals surface area contributed by atoms with Crippen LogP contribution in [0.5, 0.6) is 0 Å². The lowest BCUT2D eigenvalue weighted by Crippen LogP contribution is -2.60. The molecule has 1 unspecified atom stereocenters. The maximum absolute atomic E-state index is 13.1. The Bertz CT molecular complexity index is 902. The Morgan fingerprint density at radius 2 is 1.67 bits per heavy atom. The smallest absolute Gasteiger partial charge is 0.312 e. The van der Waals surface area contributed by atoms with Crippen molar-refractivity contribution in [3.05, 3.63) is 71.5 Å². The van der Waals surface area contributed by atoms with E-state index in [1.165, 1.54) is 21.9 Å². The van der Waals surface area contributed by atoms with Crippen molar-refractivity contribution in [3.63, 3.8) is 0 Å². The zero-order valence-corrected chi connectivity index (χ0v) is 17.3. The summed E-state index contributed by atoms with van der Waals surface area (Å²) in [5.74, 6) is -1.84. The van der Waals surface area contributed by atoms with Crippen LogP contribution in [0, 0.1) is 5.82 Å². The summed E-state index contributed by atoms with van der Waals surface area (Å²) < 4.78 is 13.1. The molecule has 2 aromatic carbocycles. The van der Waals surface area contributed by atoms with Crippen molar-refractivity contribution in [1.82, 2.24) is 14.7 Å². The molecule has 0 aromatic heterocycles. The number of carbonyl (C=O) groups excluding carboxylic acids is 3. The summed E-state index contributed by atoms with van der Waals surface area (Å²) in [4.78, 5) is 42.8. The highest BCUT2D eigenvalue weighted by atomic mass is 19.1. The summed E-state index contributed by atoms with van der Waals surface area (Å²) in [5, 5.41) is 0. The lowest BCUT2D eigenvalue weighted by molar-refractivity contribution is -0.161. The monoisotopic (exact) mass is 411 g/mol. The highest BCUT2D eigenvalue weighted by Gasteiger charge is 2.39. The van der Waals surface area contributed by atoms with Gasteiger partial charge >= 0.3 is 11.8 Å². The molecule has 1 saturated heterocycles. The Kier molecular flexibility index (Phi) is 6.82. The van der Waals surface area contributed by atoms with Crippen molar-refractivity contribution in [1.29, 1.82) is 0 Å². The van der Waals surface area contributed by atoms with Crippen LogP contribution < -0.4 is 0 Å². The molecule has 0 N–H and O–H groups in total. The molecule has 1 aliphatic heterocycles. The van der Waals surface area contributed by atoms with Crippen molar-refractivity contribution < 1.29 is 18.8 Å². The number of nitrogens with zero attached hydrogens (tertiary/aromatic N) is 3. The van der Waals surface area contributed by atoms with Crippen molar-refractivity contribution in [3.8, 4) is 0 Å². The third kappa shape index (κ3) is 4.84. The van der Waals surface area contributed by atoms with Crippen LogP contribution in [0.15, 0.2) is 54.6 Å². The van der Waals surface area contributed by atoms with Crippen LogP contribution in [0.4, 0.5) is 4.39 Å². The van der Waals surface area contributed by atoms with E-state index in [-0.39, 0.29) is 24.8 Å². The maximum Gasteiger partial charge on any atom is 0.312 e. The molecule has 1 atom stereocenters. The second-order valence-electron chi connectivity index (χ2n) is 7.46. The maximum atomic E-state index is 13.1. The molecule has 1 fully saturated rings. The molecule has 3 rings (SSSR count). The van der Waals surface area contributed by atoms with Crippen molar-refractivity contribution in [2.45, 2.75) is 32.5 Å². The average molecular weight is 411 g/mol. The highest BCUT2D eigenvalue weighted by molar-refractivity contribution is 6.35. The third-order valence-corrected chi connectivity index (χ3v) is 5.32. The van der Waals surface area contributed by atoms with Crippen LogP contribution >= 0.6 is 0 Å². The van der Waals surface area contributed by atoms with E-state index in [0.717, 1.165) is 11.1 Å². The van der Waals surface area contributed by atoms with Gasteiger partial charge in [0, 0.05) is 33.2 Å². The van der Waals surface area contributed by atoms with E-state index in [1.54, 1.807) is 24.1 Å². The number of amides is 3. The second kappa shape index (κ2) is 9.52. The van der Waals surface area contributed by atoms with E-state index in [4.69, 9.17) is 0 Å². The Labute approximate surface area is 175 Å². The Morgan fingerprint density at radius 3 is 2.30 bits per heavy atom. The van der Waals surface area contributed by atoms with Gasteiger partial charge in [-0.3, -0.25) is 14.4 Å². The minimum atomic E-state index is -0.678. The molecule has 1 aliphatic rings. The molecule has 30 heavy (non-hydrogen) atoms. The van der Waals surface area contributed by atoms with E-state index in [2.05, 4.69) is 0 Å². The van der Waals surface area contributed by atoms with Gasteiger partial charge in [-0.15, -0.1) is 0 Å². The number of hydrogen-bond acceptors (Lipinski definition) is 3. The van der Waals surface area contributed by atoms with Gasteiger partial charge in [0.05, 0.1) is 0 Å². The molecule has 0 spiro atoms. The molecule has 2 aromatic rings. The van der Waals surface area contributed by atoms with Crippen molar-refractivity contribution in [2.24, 2.45) is 0 Å². The fourth-order valence-corrected chi connectivity index (χ4v) is 3.67. The van der Waals surface area contributed by atoms with Crippen molar-refractivity contribution in [2.75, 3.05) is 20.1 Å². The highest BCUT2D eigenvalue weighted by Crippen LogP contribution is 2.17. The van der Waals surface area contributed by atoms with E-state index in [9.17, 15) is 18.8 Å². The predicted octanol–water partition coefficient (Wildman–Crippen LogP) is 2.43. The first-order chi connectivity index (χ1) is 14.4. The molecule has 6 nitrogen and oxygen atoms in total. The Morgan fingerprint density at radius 1 is 1.00 bits per heavy atom. The van der Waals surface area contributed by atoms with Gasteiger partial charge in [-0.1, -0.05) is 49.4 Å². The number of likely N-dealkylation sites (N-methyl/N-ethyl adjacent to an activating group) is 1. The van der Waals surface area contributed by atoms with E-state index in [0.29, 0.717) is 19.5 Å². The zero-order valence-electron chi connectivity index (χ0n) is 17.3. The number of benzene rings is 2. The van der Waals surface area contributed by atoms with Gasteiger partial charge < -0.3 is 14.7 Å². The van der Waals surface area contributed by atoms with Crippen LogP contribution in [-0.2, 0) is 27.5 Å². The molecular weight excluding hydrogens is 385 g/mol. The van der Waals surface area contributed by atoms with Crippen LogP contribution in [0.1, 0.15) is 24.5 Å². The molecule has 158 valence electrons. The van der Waals surface area contributed by atoms with Gasteiger partial charge in [0.1, 0.15) is 11.9 Å². The minimum absolute atomic E-state index is 0.186. The fourth-order valence-electron chi connectivity index (χ4n) is 3.67. The molecule has 3 amide bonds. The molecule has 0 saturated carbocycles. The molecule has 7 heteroatoms. The largest absolute Gasteiger partial charge is 0.340 e. The van der Waals surface area contributed by atoms with E-state index < -0.39 is 17.9 Å². The van der Waals surface area contributed by atoms with Crippen LogP contribution in [0.3, 0.4) is 0 Å². The van der Waals surface area contributed by atoms with E-state index >= 15 is 0 Å². The Hall–Kier alpha value is -3.22. The van der Waals surface area contributed by atoms with Crippen LogP contribution in [0.2, 0.25) is 0 Å². The molecule has 1 heterocycles. The number of piperazine rings is 1. The second-order valence-corrected chi connectivity index (χ2v) is 7.46. The standard InChI is InChI=1S/C23H26FN3O3/c1-3-20(21(28)25(2)15-17-7-5-4-6-8-17)27-14-13-26(22(29)23(27)30)16-18-9-11-19(24)12-10-18/h4-12,20H,3,13-16H2,1-2H3. The zero-order chi connectivity index (χ0) is 21.7. The number of hydrogen-bond donors (Lipinski definition) is 0. The lowest BCUT2D eigenvalue weighted by atomic mass is 10.1. The van der Waals surface area contributed by atoms with E-state index in [1.807, 2.05) is 37.3 Å². The predicted molar refractivity (Wildman–Crippen MR) is 111 cm³/mol. The molecular formula is C23H26FN3O3. The number of carbonyl (C=O) groups is 3. The summed E-state index contributed by atoms with van der Waals surface area (Å²) >= 11 is 0. The first-order valence-corrected chi connectivity index (χ1v) is 10.0. The Balaban J connectivity index is 1.65. The summed E-state index contributed by atoms with van der Waals surface area (Å²) in [6, 6.07) is 14.8. The van der Waals surface area contributed by atoms with Gasteiger partial charge in [0.15, 0.2) is 0 Å². The fraction of sp³-hybridized carbons (Fsp3) is 0.348. The summed E-state index contributed by atoms with van der Waals surface area (Å²) in [7, 11) is 1.70. The van der Waals surface area contributed by atoms with Gasteiger partial charge in [-0.25, -0.2) is 4.39 Å².